The number of hydrogen-bond donors (Lipinski definition) is 3. The lowest BCUT2D eigenvalue weighted by molar-refractivity contribution is 0.596. The zero-order valence-electron chi connectivity index (χ0n) is 13.3. The van der Waals surface area contributed by atoms with Gasteiger partial charge in [0.2, 0.25) is 10.0 Å². The van der Waals surface area contributed by atoms with Gasteiger partial charge in [0.15, 0.2) is 5.96 Å². The summed E-state index contributed by atoms with van der Waals surface area (Å²) in [7, 11) is -3.51. The van der Waals surface area contributed by atoms with Gasteiger partial charge in [-0.15, -0.1) is 0 Å². The highest BCUT2D eigenvalue weighted by molar-refractivity contribution is 7.97. The van der Waals surface area contributed by atoms with Gasteiger partial charge in [-0.1, -0.05) is 6.07 Å². The van der Waals surface area contributed by atoms with Crippen LogP contribution in [0.2, 0.25) is 0 Å². The quantitative estimate of drug-likeness (QED) is 0.474. The predicted octanol–water partition coefficient (Wildman–Crippen LogP) is 1.03. The lowest BCUT2D eigenvalue weighted by Crippen LogP contribution is -2.40. The van der Waals surface area contributed by atoms with Crippen molar-refractivity contribution in [3.8, 4) is 0 Å². The topological polar surface area (TPSA) is 96.6 Å². The highest BCUT2D eigenvalue weighted by atomic mass is 32.2. The average molecular weight is 362 g/mol. The molecule has 0 spiro atoms. The van der Waals surface area contributed by atoms with Crippen molar-refractivity contribution in [3.05, 3.63) is 35.1 Å². The highest BCUT2D eigenvalue weighted by Crippen LogP contribution is 2.17. The van der Waals surface area contributed by atoms with Crippen molar-refractivity contribution in [1.82, 2.24) is 10.6 Å². The Kier molecular flexibility index (Phi) is 8.35. The Hall–Kier alpha value is -1.32. The van der Waals surface area contributed by atoms with Crippen LogP contribution in [0.15, 0.2) is 23.2 Å². The van der Waals surface area contributed by atoms with Crippen molar-refractivity contribution in [2.24, 2.45) is 10.1 Å². The van der Waals surface area contributed by atoms with E-state index >= 15 is 0 Å². The van der Waals surface area contributed by atoms with E-state index in [0.717, 1.165) is 11.1 Å². The molecule has 6 nitrogen and oxygen atoms in total. The number of nitrogens with one attached hydrogen (secondary N) is 2. The molecule has 9 heteroatoms. The van der Waals surface area contributed by atoms with Gasteiger partial charge in [-0.25, -0.2) is 22.9 Å². The van der Waals surface area contributed by atoms with E-state index in [1.165, 1.54) is 12.1 Å². The molecule has 23 heavy (non-hydrogen) atoms. The van der Waals surface area contributed by atoms with Crippen molar-refractivity contribution in [3.63, 3.8) is 0 Å². The van der Waals surface area contributed by atoms with Gasteiger partial charge >= 0.3 is 0 Å². The third-order valence-electron chi connectivity index (χ3n) is 2.90. The number of sulfonamides is 1. The molecule has 1 aromatic carbocycles. The van der Waals surface area contributed by atoms with Gasteiger partial charge in [0, 0.05) is 18.8 Å². The predicted molar refractivity (Wildman–Crippen MR) is 94.4 cm³/mol. The Morgan fingerprint density at radius 1 is 1.35 bits per heavy atom. The standard InChI is InChI=1S/C14H23FN4O2S2/c1-3-17-14(18-6-7-23(16,20)21)19-9-11-4-5-13(15)8-12(11)10-22-2/h4-5,8H,3,6-7,9-10H2,1-2H3,(H2,16,20,21)(H2,17,18,19). The fourth-order valence-electron chi connectivity index (χ4n) is 1.86. The molecule has 0 saturated carbocycles. The largest absolute Gasteiger partial charge is 0.357 e. The summed E-state index contributed by atoms with van der Waals surface area (Å²) in [4.78, 5) is 4.40. The van der Waals surface area contributed by atoms with Crippen LogP contribution in [0.1, 0.15) is 18.1 Å². The molecule has 4 N–H and O–H groups in total. The third-order valence-corrected chi connectivity index (χ3v) is 4.27. The number of thioether (sulfide) groups is 1. The Bertz CT molecular complexity index is 636. The van der Waals surface area contributed by atoms with Crippen LogP contribution in [0.4, 0.5) is 4.39 Å². The zero-order chi connectivity index (χ0) is 17.3. The smallest absolute Gasteiger partial charge is 0.210 e. The van der Waals surface area contributed by atoms with Crippen molar-refractivity contribution < 1.29 is 12.8 Å². The van der Waals surface area contributed by atoms with Crippen LogP contribution in [0.5, 0.6) is 0 Å². The summed E-state index contributed by atoms with van der Waals surface area (Å²) in [5, 5.41) is 10.9. The van der Waals surface area contributed by atoms with Crippen LogP contribution in [-0.4, -0.2) is 39.5 Å². The molecule has 0 aliphatic heterocycles. The average Bonchev–Trinajstić information content (AvgIpc) is 2.45. The monoisotopic (exact) mass is 362 g/mol. The summed E-state index contributed by atoms with van der Waals surface area (Å²) in [5.41, 5.74) is 1.84. The van der Waals surface area contributed by atoms with Crippen LogP contribution in [0.25, 0.3) is 0 Å². The summed E-state index contributed by atoms with van der Waals surface area (Å²) < 4.78 is 35.2. The second-order valence-corrected chi connectivity index (χ2v) is 7.43. The summed E-state index contributed by atoms with van der Waals surface area (Å²) in [6.45, 7) is 3.10. The number of nitrogens with two attached hydrogens (primary N) is 1. The van der Waals surface area contributed by atoms with E-state index in [1.54, 1.807) is 17.8 Å². The summed E-state index contributed by atoms with van der Waals surface area (Å²) in [5.74, 6) is 0.763. The molecule has 0 heterocycles. The molecule has 0 bridgehead atoms. The first-order valence-corrected chi connectivity index (χ1v) is 10.3. The van der Waals surface area contributed by atoms with E-state index in [-0.39, 0.29) is 18.1 Å². The molecular weight excluding hydrogens is 339 g/mol. The van der Waals surface area contributed by atoms with Gasteiger partial charge < -0.3 is 10.6 Å². The highest BCUT2D eigenvalue weighted by Gasteiger charge is 2.06. The lowest BCUT2D eigenvalue weighted by atomic mass is 10.1. The fourth-order valence-corrected chi connectivity index (χ4v) is 2.82. The van der Waals surface area contributed by atoms with Crippen molar-refractivity contribution in [1.29, 1.82) is 0 Å². The number of rotatable bonds is 8. The van der Waals surface area contributed by atoms with E-state index in [0.29, 0.717) is 24.8 Å². The lowest BCUT2D eigenvalue weighted by Gasteiger charge is -2.12. The van der Waals surface area contributed by atoms with Crippen LogP contribution in [0.3, 0.4) is 0 Å². The molecule has 130 valence electrons. The van der Waals surface area contributed by atoms with E-state index in [2.05, 4.69) is 15.6 Å². The molecule has 0 atom stereocenters. The number of halogens is 1. The van der Waals surface area contributed by atoms with Gasteiger partial charge in [0.25, 0.3) is 0 Å². The van der Waals surface area contributed by atoms with Crippen LogP contribution >= 0.6 is 11.8 Å². The molecule has 0 fully saturated rings. The van der Waals surface area contributed by atoms with E-state index in [4.69, 9.17) is 5.14 Å². The number of aliphatic imine (C=N–C) groups is 1. The van der Waals surface area contributed by atoms with E-state index < -0.39 is 10.0 Å². The molecule has 0 aliphatic carbocycles. The zero-order valence-corrected chi connectivity index (χ0v) is 14.9. The maximum atomic E-state index is 13.3. The number of benzene rings is 1. The van der Waals surface area contributed by atoms with Gasteiger partial charge in [0.05, 0.1) is 12.3 Å². The number of hydrogen-bond acceptors (Lipinski definition) is 4. The van der Waals surface area contributed by atoms with Gasteiger partial charge in [-0.05, 0) is 36.4 Å². The second kappa shape index (κ2) is 9.74. The summed E-state index contributed by atoms with van der Waals surface area (Å²) in [6.07, 6.45) is 1.96. The van der Waals surface area contributed by atoms with E-state index in [1.807, 2.05) is 13.2 Å². The fraction of sp³-hybridized carbons (Fsp3) is 0.500. The number of guanidine groups is 1. The van der Waals surface area contributed by atoms with Crippen LogP contribution in [-0.2, 0) is 22.3 Å². The van der Waals surface area contributed by atoms with Crippen molar-refractivity contribution in [2.45, 2.75) is 19.2 Å². The molecular formula is C14H23FN4O2S2. The Morgan fingerprint density at radius 3 is 2.70 bits per heavy atom. The van der Waals surface area contributed by atoms with Gasteiger partial charge in [-0.3, -0.25) is 0 Å². The maximum Gasteiger partial charge on any atom is 0.210 e. The molecule has 0 aromatic heterocycles. The minimum absolute atomic E-state index is 0.172. The van der Waals surface area contributed by atoms with Crippen LogP contribution < -0.4 is 15.8 Å². The van der Waals surface area contributed by atoms with Crippen LogP contribution in [0, 0.1) is 5.82 Å². The molecule has 0 unspecified atom stereocenters. The molecule has 0 amide bonds. The molecule has 1 rings (SSSR count). The minimum Gasteiger partial charge on any atom is -0.357 e. The third kappa shape index (κ3) is 8.19. The first kappa shape index (κ1) is 19.7. The summed E-state index contributed by atoms with van der Waals surface area (Å²) in [6, 6.07) is 4.65. The SMILES string of the molecule is CCNC(=NCc1ccc(F)cc1CSC)NCCS(N)(=O)=O. The maximum absolute atomic E-state index is 13.3. The van der Waals surface area contributed by atoms with Gasteiger partial charge in [0.1, 0.15) is 5.82 Å². The second-order valence-electron chi connectivity index (χ2n) is 4.83. The summed E-state index contributed by atoms with van der Waals surface area (Å²) >= 11 is 1.61. The first-order valence-electron chi connectivity index (χ1n) is 7.14. The molecule has 0 aliphatic rings. The Balaban J connectivity index is 2.76. The minimum atomic E-state index is -3.51. The number of nitrogens with zero attached hydrogens (tertiary/aromatic N) is 1. The van der Waals surface area contributed by atoms with Gasteiger partial charge in [-0.2, -0.15) is 11.8 Å². The normalized spacial score (nSPS) is 12.3. The molecule has 0 radical (unpaired) electrons. The number of primary sulfonamides is 1. The van der Waals surface area contributed by atoms with Crippen molar-refractivity contribution in [2.75, 3.05) is 25.1 Å². The first-order chi connectivity index (χ1) is 10.9. The van der Waals surface area contributed by atoms with E-state index in [9.17, 15) is 12.8 Å². The Morgan fingerprint density at radius 2 is 2.09 bits per heavy atom. The van der Waals surface area contributed by atoms with Crippen molar-refractivity contribution >= 4 is 27.7 Å². The molecule has 0 saturated heterocycles. The molecule has 1 aromatic rings. The Labute approximate surface area is 141 Å².